The first kappa shape index (κ1) is 76.9. The molecule has 0 radical (unpaired) electrons. The minimum atomic E-state index is -0.0557. The zero-order valence-corrected chi connectivity index (χ0v) is 63.7. The summed E-state index contributed by atoms with van der Waals surface area (Å²) in [4.78, 5) is 41.1. The number of amides is 2. The third-order valence-electron chi connectivity index (χ3n) is 20.6. The molecule has 2 aliphatic rings. The van der Waals surface area contributed by atoms with Crippen molar-refractivity contribution in [3.05, 3.63) is 109 Å². The Morgan fingerprint density at radius 2 is 0.755 bits per heavy atom. The summed E-state index contributed by atoms with van der Waals surface area (Å²) in [6, 6.07) is 23.9. The number of hydrogen-bond donors (Lipinski definition) is 0. The minimum absolute atomic E-state index is 0.0382. The predicted octanol–water partition coefficient (Wildman–Crippen LogP) is 28.0. The highest BCUT2D eigenvalue weighted by atomic mass is 32.1. The summed E-state index contributed by atoms with van der Waals surface area (Å²) in [5, 5.41) is 2.69. The number of aromatic nitrogens is 1. The van der Waals surface area contributed by atoms with Crippen LogP contribution in [0.5, 0.6) is 0 Å². The zero-order chi connectivity index (χ0) is 67.3. The highest BCUT2D eigenvalue weighted by Crippen LogP contribution is 2.51. The lowest BCUT2D eigenvalue weighted by Gasteiger charge is -2.29. The van der Waals surface area contributed by atoms with E-state index in [1.54, 1.807) is 22.7 Å². The summed E-state index contributed by atoms with van der Waals surface area (Å²) in [5.41, 5.74) is 8.28. The van der Waals surface area contributed by atoms with Gasteiger partial charge in [-0.3, -0.25) is 9.59 Å². The van der Waals surface area contributed by atoms with Crippen LogP contribution >= 0.6 is 22.7 Å². The quantitative estimate of drug-likeness (QED) is 0.0364. The number of fused-ring (bicyclic) bond motifs is 4. The van der Waals surface area contributed by atoms with Crippen LogP contribution in [0.15, 0.2) is 77.9 Å². The lowest BCUT2D eigenvalue weighted by Crippen LogP contribution is -2.34. The Bertz CT molecular complexity index is 3160. The molecule has 0 aliphatic carbocycles. The van der Waals surface area contributed by atoms with E-state index in [0.717, 1.165) is 51.7 Å². The first-order valence-corrected chi connectivity index (χ1v) is 41.0. The molecule has 2 aliphatic heterocycles. The second-order valence-electron chi connectivity index (χ2n) is 31.2. The molecule has 0 saturated carbocycles. The standard InChI is InChI=1S/C87H133N3O2S2/c1-13-19-25-31-35-41-47-69(45-39-29-23-17-5)65-88-82(80-81(85(88)92)83(78-59-60-79(94-78)87(10,11)12)89(84(80)91)66-70(46-40-30-24-18-6)48-42-36-32-26-20-14-2)77-58-55-72(93-77)54-51-67-52-56-73-74-57-53-68(61-62-86(7,8)9)64-76(74)90(75(73)63-67)71(49-43-37-33-27-21-15-3)50-44-38-34-28-22-16-4/h51-64,69-71H,13-50,65-66H2,1-12H3/b54-51+,62-61+. The van der Waals surface area contributed by atoms with Crippen molar-refractivity contribution in [1.82, 2.24) is 14.4 Å². The van der Waals surface area contributed by atoms with E-state index in [1.165, 1.54) is 256 Å². The lowest BCUT2D eigenvalue weighted by molar-refractivity contribution is -0.124. The van der Waals surface area contributed by atoms with E-state index in [0.29, 0.717) is 42.1 Å². The van der Waals surface area contributed by atoms with Crippen LogP contribution in [0.25, 0.3) is 51.4 Å². The fraction of sp³-hybridized carbons (Fsp3) is 0.655. The average molecular weight is 1320 g/mol. The van der Waals surface area contributed by atoms with Gasteiger partial charge in [-0.05, 0) is 115 Å². The number of rotatable bonds is 48. The van der Waals surface area contributed by atoms with Crippen molar-refractivity contribution in [2.45, 2.75) is 339 Å². The van der Waals surface area contributed by atoms with Gasteiger partial charge in [-0.15, -0.1) is 22.7 Å². The lowest BCUT2D eigenvalue weighted by atomic mass is 9.93. The third-order valence-corrected chi connectivity index (χ3v) is 23.2. The maximum absolute atomic E-state index is 16.2. The number of thiophene rings is 2. The number of carbonyl (C=O) groups excluding carboxylic acids is 2. The summed E-state index contributed by atoms with van der Waals surface area (Å²) in [6.45, 7) is 28.9. The van der Waals surface area contributed by atoms with Crippen LogP contribution in [0, 0.1) is 17.3 Å². The van der Waals surface area contributed by atoms with Crippen LogP contribution in [0.3, 0.4) is 0 Å². The second-order valence-corrected chi connectivity index (χ2v) is 33.4. The molecular weight excluding hydrogens is 1180 g/mol. The second kappa shape index (κ2) is 40.4. The molecule has 0 spiro atoms. The maximum atomic E-state index is 16.2. The van der Waals surface area contributed by atoms with Crippen molar-refractivity contribution in [2.75, 3.05) is 13.1 Å². The number of hydrogen-bond acceptors (Lipinski definition) is 4. The number of nitrogens with zero attached hydrogens (tertiary/aromatic N) is 3. The van der Waals surface area contributed by atoms with E-state index in [-0.39, 0.29) is 22.6 Å². The number of allylic oxidation sites excluding steroid dienone is 1. The Labute approximate surface area is 583 Å². The minimum Gasteiger partial charge on any atom is -0.337 e. The van der Waals surface area contributed by atoms with Gasteiger partial charge in [0.25, 0.3) is 11.8 Å². The molecule has 2 aromatic carbocycles. The van der Waals surface area contributed by atoms with E-state index >= 15 is 9.59 Å². The molecule has 5 aromatic rings. The van der Waals surface area contributed by atoms with Gasteiger partial charge in [0.2, 0.25) is 0 Å². The van der Waals surface area contributed by atoms with Crippen LogP contribution < -0.4 is 0 Å². The molecule has 5 heterocycles. The summed E-state index contributed by atoms with van der Waals surface area (Å²) < 4.78 is 2.78. The molecule has 2 unspecified atom stereocenters. The first-order valence-electron chi connectivity index (χ1n) is 39.3. The van der Waals surface area contributed by atoms with Gasteiger partial charge in [-0.2, -0.15) is 0 Å². The van der Waals surface area contributed by atoms with Gasteiger partial charge in [0, 0.05) is 50.7 Å². The van der Waals surface area contributed by atoms with Gasteiger partial charge in [0.05, 0.1) is 32.3 Å². The molecule has 7 rings (SSSR count). The zero-order valence-electron chi connectivity index (χ0n) is 62.1. The maximum Gasteiger partial charge on any atom is 0.261 e. The number of unbranched alkanes of at least 4 members (excludes halogenated alkanes) is 26. The molecule has 0 fully saturated rings. The molecule has 5 nitrogen and oxygen atoms in total. The normalized spacial score (nSPS) is 14.9. The van der Waals surface area contributed by atoms with Crippen LogP contribution in [0.1, 0.15) is 364 Å². The molecule has 0 N–H and O–H groups in total. The number of carbonyl (C=O) groups is 2. The van der Waals surface area contributed by atoms with Gasteiger partial charge >= 0.3 is 0 Å². The van der Waals surface area contributed by atoms with Crippen molar-refractivity contribution in [3.8, 4) is 0 Å². The van der Waals surface area contributed by atoms with E-state index in [1.807, 2.05) is 0 Å². The number of benzene rings is 2. The Morgan fingerprint density at radius 3 is 1.15 bits per heavy atom. The highest BCUT2D eigenvalue weighted by Gasteiger charge is 2.50. The fourth-order valence-electron chi connectivity index (χ4n) is 14.9. The Balaban J connectivity index is 1.33. The SMILES string of the molecule is CCCCCCCCC(CCCCCC)CN1C(=O)C2=C(c3ccc(C(C)(C)C)s3)N(CC(CCCCCC)CCCCCCCC)C(=O)C2=C1c1ccc(/C=C/c2ccc3c4ccc(/C=C/C(C)(C)C)cc4n(C(CCCCCCCC)CCCCCCCC)c3c2)s1. The van der Waals surface area contributed by atoms with Crippen molar-refractivity contribution in [2.24, 2.45) is 17.3 Å². The molecule has 0 bridgehead atoms. The molecule has 7 heteroatoms. The predicted molar refractivity (Wildman–Crippen MR) is 417 cm³/mol. The molecule has 94 heavy (non-hydrogen) atoms. The molecule has 520 valence electrons. The Hall–Kier alpha value is -4.46. The van der Waals surface area contributed by atoms with E-state index < -0.39 is 0 Å². The van der Waals surface area contributed by atoms with E-state index in [4.69, 9.17) is 0 Å². The highest BCUT2D eigenvalue weighted by molar-refractivity contribution is 7.14. The van der Waals surface area contributed by atoms with Gasteiger partial charge in [-0.25, -0.2) is 0 Å². The van der Waals surface area contributed by atoms with E-state index in [2.05, 4.69) is 182 Å². The van der Waals surface area contributed by atoms with Crippen LogP contribution in [0.4, 0.5) is 0 Å². The van der Waals surface area contributed by atoms with Gasteiger partial charge in [-0.1, -0.05) is 331 Å². The topological polar surface area (TPSA) is 45.6 Å². The average Bonchev–Trinajstić information content (AvgIpc) is 1.56. The Morgan fingerprint density at radius 1 is 0.394 bits per heavy atom. The van der Waals surface area contributed by atoms with Gasteiger partial charge in [0.1, 0.15) is 0 Å². The summed E-state index contributed by atoms with van der Waals surface area (Å²) in [6.07, 6.45) is 56.9. The van der Waals surface area contributed by atoms with Crippen molar-refractivity contribution < 1.29 is 9.59 Å². The molecule has 2 atom stereocenters. The van der Waals surface area contributed by atoms with Crippen molar-refractivity contribution >= 4 is 85.9 Å². The van der Waals surface area contributed by atoms with Crippen molar-refractivity contribution in [1.29, 1.82) is 0 Å². The summed E-state index contributed by atoms with van der Waals surface area (Å²) in [5.74, 6) is 0.818. The first-order chi connectivity index (χ1) is 45.5. The molecule has 2 amide bonds. The molecule has 3 aromatic heterocycles. The molecular formula is C87H133N3O2S2. The monoisotopic (exact) mass is 1320 g/mol. The van der Waals surface area contributed by atoms with Crippen molar-refractivity contribution in [3.63, 3.8) is 0 Å². The molecule has 0 saturated heterocycles. The van der Waals surface area contributed by atoms with E-state index in [9.17, 15) is 0 Å². The Kier molecular flexibility index (Phi) is 33.1. The van der Waals surface area contributed by atoms with Crippen LogP contribution in [-0.4, -0.2) is 39.3 Å². The fourth-order valence-corrected chi connectivity index (χ4v) is 17.0. The van der Waals surface area contributed by atoms with Crippen LogP contribution in [0.2, 0.25) is 0 Å². The van der Waals surface area contributed by atoms with Crippen LogP contribution in [-0.2, 0) is 15.0 Å². The summed E-state index contributed by atoms with van der Waals surface area (Å²) in [7, 11) is 0. The third kappa shape index (κ3) is 23.1. The summed E-state index contributed by atoms with van der Waals surface area (Å²) >= 11 is 3.55. The van der Waals surface area contributed by atoms with Gasteiger partial charge in [0.15, 0.2) is 0 Å². The largest absolute Gasteiger partial charge is 0.337 e. The smallest absolute Gasteiger partial charge is 0.261 e. The van der Waals surface area contributed by atoms with Gasteiger partial charge < -0.3 is 14.4 Å².